The van der Waals surface area contributed by atoms with Crippen molar-refractivity contribution in [3.05, 3.63) is 35.9 Å². The number of fused-ring (bicyclic) bond motifs is 1. The van der Waals surface area contributed by atoms with Gasteiger partial charge in [0.2, 0.25) is 0 Å². The summed E-state index contributed by atoms with van der Waals surface area (Å²) in [6, 6.07) is 10.4. The van der Waals surface area contributed by atoms with Crippen LogP contribution in [-0.4, -0.2) is 18.0 Å². The van der Waals surface area contributed by atoms with E-state index < -0.39 is 0 Å². The van der Waals surface area contributed by atoms with Crippen LogP contribution in [0, 0.1) is 6.92 Å². The second kappa shape index (κ2) is 6.98. The van der Waals surface area contributed by atoms with Gasteiger partial charge in [0.25, 0.3) is 0 Å². The minimum Gasteiger partial charge on any atom is -0.493 e. The van der Waals surface area contributed by atoms with Crippen LogP contribution < -0.4 is 9.47 Å². The van der Waals surface area contributed by atoms with Gasteiger partial charge in [-0.15, -0.1) is 0 Å². The van der Waals surface area contributed by atoms with Gasteiger partial charge in [0.05, 0.1) is 12.7 Å². The zero-order chi connectivity index (χ0) is 14.5. The fraction of sp³-hybridized carbons (Fsp3) is 0.412. The van der Waals surface area contributed by atoms with Crippen LogP contribution in [0.2, 0.25) is 0 Å². The molecular weight excluding hydrogens is 316 g/mol. The van der Waals surface area contributed by atoms with E-state index in [0.717, 1.165) is 29.9 Å². The molecule has 2 nitrogen and oxygen atoms in total. The predicted octanol–water partition coefficient (Wildman–Crippen LogP) is 5.10. The Labute approximate surface area is 129 Å². The molecule has 0 saturated heterocycles. The lowest BCUT2D eigenvalue weighted by molar-refractivity contribution is 0.243. The molecule has 108 valence electrons. The summed E-state index contributed by atoms with van der Waals surface area (Å²) in [5.74, 6) is 1.89. The van der Waals surface area contributed by atoms with Crippen molar-refractivity contribution in [2.24, 2.45) is 0 Å². The number of rotatable bonds is 6. The van der Waals surface area contributed by atoms with Crippen LogP contribution in [-0.2, 0) is 0 Å². The molecule has 0 aliphatic heterocycles. The van der Waals surface area contributed by atoms with Crippen molar-refractivity contribution >= 4 is 26.7 Å². The Morgan fingerprint density at radius 2 is 1.95 bits per heavy atom. The van der Waals surface area contributed by atoms with Crippen molar-refractivity contribution in [2.45, 2.75) is 33.3 Å². The average molecular weight is 337 g/mol. The number of alkyl halides is 1. The average Bonchev–Trinajstić information content (AvgIpc) is 2.41. The molecule has 0 bridgehead atoms. The van der Waals surface area contributed by atoms with E-state index >= 15 is 0 Å². The third-order valence-electron chi connectivity index (χ3n) is 3.12. The smallest absolute Gasteiger partial charge is 0.122 e. The Balaban J connectivity index is 2.27. The largest absolute Gasteiger partial charge is 0.493 e. The van der Waals surface area contributed by atoms with E-state index in [1.807, 2.05) is 26.0 Å². The third-order valence-corrected chi connectivity index (χ3v) is 3.68. The number of hydrogen-bond donors (Lipinski definition) is 0. The standard InChI is InChI=1S/C17H21BrO2/c1-12(2)20-15-6-7-16-13(3)17(19-10-4-9-18)8-5-14(16)11-15/h5-8,11-12H,4,9-10H2,1-3H3. The molecule has 2 aromatic carbocycles. The first-order chi connectivity index (χ1) is 9.61. The molecule has 0 unspecified atom stereocenters. The number of hydrogen-bond acceptors (Lipinski definition) is 2. The van der Waals surface area contributed by atoms with Crippen LogP contribution >= 0.6 is 15.9 Å². The first-order valence-corrected chi connectivity index (χ1v) is 8.12. The van der Waals surface area contributed by atoms with E-state index in [1.165, 1.54) is 16.3 Å². The van der Waals surface area contributed by atoms with Gasteiger partial charge >= 0.3 is 0 Å². The van der Waals surface area contributed by atoms with Crippen LogP contribution in [0.3, 0.4) is 0 Å². The maximum absolute atomic E-state index is 5.82. The molecule has 0 radical (unpaired) electrons. The molecule has 0 spiro atoms. The molecule has 0 aromatic heterocycles. The van der Waals surface area contributed by atoms with Gasteiger partial charge in [0.15, 0.2) is 0 Å². The number of benzene rings is 2. The Bertz CT molecular complexity index is 578. The van der Waals surface area contributed by atoms with Crippen molar-refractivity contribution in [2.75, 3.05) is 11.9 Å². The van der Waals surface area contributed by atoms with E-state index in [2.05, 4.69) is 41.1 Å². The second-order valence-electron chi connectivity index (χ2n) is 5.13. The molecule has 3 heteroatoms. The lowest BCUT2D eigenvalue weighted by Crippen LogP contribution is -2.05. The summed E-state index contributed by atoms with van der Waals surface area (Å²) in [6.07, 6.45) is 1.21. The molecule has 0 saturated carbocycles. The summed E-state index contributed by atoms with van der Waals surface area (Å²) in [6.45, 7) is 6.92. The highest BCUT2D eigenvalue weighted by atomic mass is 79.9. The van der Waals surface area contributed by atoms with Crippen LogP contribution in [0.4, 0.5) is 0 Å². The molecule has 0 atom stereocenters. The van der Waals surface area contributed by atoms with Crippen LogP contribution in [0.1, 0.15) is 25.8 Å². The van der Waals surface area contributed by atoms with Crippen LogP contribution in [0.25, 0.3) is 10.8 Å². The topological polar surface area (TPSA) is 18.5 Å². The Morgan fingerprint density at radius 1 is 1.15 bits per heavy atom. The molecule has 0 fully saturated rings. The first-order valence-electron chi connectivity index (χ1n) is 7.00. The molecule has 0 amide bonds. The van der Waals surface area contributed by atoms with E-state index in [1.54, 1.807) is 0 Å². The van der Waals surface area contributed by atoms with E-state index in [4.69, 9.17) is 9.47 Å². The van der Waals surface area contributed by atoms with E-state index in [0.29, 0.717) is 0 Å². The Morgan fingerprint density at radius 3 is 2.65 bits per heavy atom. The fourth-order valence-corrected chi connectivity index (χ4v) is 2.41. The minimum atomic E-state index is 0.195. The SMILES string of the molecule is Cc1c(OCCCBr)ccc2cc(OC(C)C)ccc12. The zero-order valence-electron chi connectivity index (χ0n) is 12.3. The molecule has 0 N–H and O–H groups in total. The number of ether oxygens (including phenoxy) is 2. The van der Waals surface area contributed by atoms with Gasteiger partial charge in [0, 0.05) is 5.33 Å². The van der Waals surface area contributed by atoms with E-state index in [-0.39, 0.29) is 6.10 Å². The van der Waals surface area contributed by atoms with Crippen LogP contribution in [0.5, 0.6) is 11.5 Å². The summed E-state index contributed by atoms with van der Waals surface area (Å²) < 4.78 is 11.6. The quantitative estimate of drug-likeness (QED) is 0.539. The molecule has 2 aromatic rings. The minimum absolute atomic E-state index is 0.195. The number of aryl methyl sites for hydroxylation is 1. The molecule has 0 aliphatic carbocycles. The predicted molar refractivity (Wildman–Crippen MR) is 88.4 cm³/mol. The highest BCUT2D eigenvalue weighted by Gasteiger charge is 2.06. The van der Waals surface area contributed by atoms with Gasteiger partial charge in [-0.25, -0.2) is 0 Å². The maximum atomic E-state index is 5.82. The van der Waals surface area contributed by atoms with Crippen molar-refractivity contribution in [1.82, 2.24) is 0 Å². The monoisotopic (exact) mass is 336 g/mol. The summed E-state index contributed by atoms with van der Waals surface area (Å²) in [5.41, 5.74) is 1.19. The summed E-state index contributed by atoms with van der Waals surface area (Å²) in [4.78, 5) is 0. The molecular formula is C17H21BrO2. The van der Waals surface area contributed by atoms with Gasteiger partial charge in [-0.1, -0.05) is 28.1 Å². The van der Waals surface area contributed by atoms with Crippen LogP contribution in [0.15, 0.2) is 30.3 Å². The van der Waals surface area contributed by atoms with Gasteiger partial charge in [0.1, 0.15) is 11.5 Å². The molecule has 2 rings (SSSR count). The van der Waals surface area contributed by atoms with Crippen molar-refractivity contribution in [3.8, 4) is 11.5 Å². The molecule has 0 heterocycles. The van der Waals surface area contributed by atoms with Crippen molar-refractivity contribution in [1.29, 1.82) is 0 Å². The third kappa shape index (κ3) is 3.66. The van der Waals surface area contributed by atoms with Gasteiger partial charge in [-0.2, -0.15) is 0 Å². The Kier molecular flexibility index (Phi) is 5.30. The zero-order valence-corrected chi connectivity index (χ0v) is 13.9. The second-order valence-corrected chi connectivity index (χ2v) is 5.92. The van der Waals surface area contributed by atoms with Crippen molar-refractivity contribution in [3.63, 3.8) is 0 Å². The highest BCUT2D eigenvalue weighted by molar-refractivity contribution is 9.09. The van der Waals surface area contributed by atoms with Gasteiger partial charge in [-0.05, 0) is 61.7 Å². The van der Waals surface area contributed by atoms with Gasteiger partial charge in [-0.3, -0.25) is 0 Å². The highest BCUT2D eigenvalue weighted by Crippen LogP contribution is 2.30. The Hall–Kier alpha value is -1.22. The van der Waals surface area contributed by atoms with Crippen molar-refractivity contribution < 1.29 is 9.47 Å². The molecule has 20 heavy (non-hydrogen) atoms. The van der Waals surface area contributed by atoms with Gasteiger partial charge < -0.3 is 9.47 Å². The summed E-state index contributed by atoms with van der Waals surface area (Å²) >= 11 is 3.41. The lowest BCUT2D eigenvalue weighted by Gasteiger charge is -2.13. The van der Waals surface area contributed by atoms with E-state index in [9.17, 15) is 0 Å². The summed E-state index contributed by atoms with van der Waals surface area (Å²) in [5, 5.41) is 3.38. The maximum Gasteiger partial charge on any atom is 0.122 e. The number of halogens is 1. The lowest BCUT2D eigenvalue weighted by atomic mass is 10.0. The summed E-state index contributed by atoms with van der Waals surface area (Å²) in [7, 11) is 0. The molecule has 0 aliphatic rings. The normalized spacial score (nSPS) is 11.1. The first kappa shape index (κ1) is 15.2. The fourth-order valence-electron chi connectivity index (χ4n) is 2.18.